The summed E-state index contributed by atoms with van der Waals surface area (Å²) in [5, 5.41) is 9.00. The highest BCUT2D eigenvalue weighted by Gasteiger charge is 2.19. The average molecular weight is 258 g/mol. The summed E-state index contributed by atoms with van der Waals surface area (Å²) in [4.78, 5) is 11.2. The van der Waals surface area contributed by atoms with E-state index >= 15 is 0 Å². The molecule has 1 aliphatic carbocycles. The zero-order valence-electron chi connectivity index (χ0n) is 11.9. The Morgan fingerprint density at radius 3 is 2.84 bits per heavy atom. The van der Waals surface area contributed by atoms with Gasteiger partial charge in [-0.05, 0) is 39.5 Å². The first-order chi connectivity index (χ1) is 9.26. The Morgan fingerprint density at radius 2 is 2.11 bits per heavy atom. The summed E-state index contributed by atoms with van der Waals surface area (Å²) >= 11 is 0. The number of nitriles is 1. The molecule has 102 valence electrons. The molecule has 1 unspecified atom stereocenters. The van der Waals surface area contributed by atoms with Crippen molar-refractivity contribution in [1.82, 2.24) is 9.97 Å². The molecule has 1 aliphatic rings. The fourth-order valence-corrected chi connectivity index (χ4v) is 2.69. The van der Waals surface area contributed by atoms with Gasteiger partial charge in [0.25, 0.3) is 0 Å². The van der Waals surface area contributed by atoms with Gasteiger partial charge in [0.1, 0.15) is 12.1 Å². The van der Waals surface area contributed by atoms with Gasteiger partial charge in [0.2, 0.25) is 0 Å². The first-order valence-electron chi connectivity index (χ1n) is 7.23. The number of fused-ring (bicyclic) bond motifs is 1. The molecule has 1 heterocycles. The van der Waals surface area contributed by atoms with E-state index in [-0.39, 0.29) is 5.92 Å². The molecule has 1 atom stereocenters. The number of hydrogen-bond acceptors (Lipinski definition) is 4. The minimum absolute atomic E-state index is 0.0244. The number of aryl methyl sites for hydroxylation is 1. The standard InChI is InChI=1S/C15H22N4/c1-3-19(10-12(2)9-16)15-13-7-5-4-6-8-14(13)17-11-18-15/h11-12H,3-8,10H2,1-2H3. The Kier molecular flexibility index (Phi) is 4.73. The van der Waals surface area contributed by atoms with Gasteiger partial charge in [-0.3, -0.25) is 0 Å². The zero-order chi connectivity index (χ0) is 13.7. The maximum absolute atomic E-state index is 9.00. The fourth-order valence-electron chi connectivity index (χ4n) is 2.69. The molecule has 4 heteroatoms. The molecule has 1 aromatic rings. The summed E-state index contributed by atoms with van der Waals surface area (Å²) in [6.45, 7) is 5.71. The molecule has 0 aliphatic heterocycles. The van der Waals surface area contributed by atoms with Crippen molar-refractivity contribution in [2.24, 2.45) is 5.92 Å². The molecule has 0 N–H and O–H groups in total. The average Bonchev–Trinajstić information content (AvgIpc) is 2.69. The molecule has 19 heavy (non-hydrogen) atoms. The van der Waals surface area contributed by atoms with Crippen LogP contribution in [0.25, 0.3) is 0 Å². The lowest BCUT2D eigenvalue weighted by Crippen LogP contribution is -2.30. The Bertz CT molecular complexity index is 464. The topological polar surface area (TPSA) is 52.8 Å². The molecule has 4 nitrogen and oxygen atoms in total. The third-order valence-electron chi connectivity index (χ3n) is 3.75. The molecule has 0 radical (unpaired) electrons. The van der Waals surface area contributed by atoms with Gasteiger partial charge in [-0.1, -0.05) is 6.42 Å². The highest BCUT2D eigenvalue weighted by atomic mass is 15.2. The third kappa shape index (κ3) is 3.23. The summed E-state index contributed by atoms with van der Waals surface area (Å²) in [6, 6.07) is 2.31. The second-order valence-corrected chi connectivity index (χ2v) is 5.25. The van der Waals surface area contributed by atoms with E-state index in [4.69, 9.17) is 5.26 Å². The Hall–Kier alpha value is -1.63. The van der Waals surface area contributed by atoms with Crippen molar-refractivity contribution >= 4 is 5.82 Å². The van der Waals surface area contributed by atoms with Gasteiger partial charge >= 0.3 is 0 Å². The Balaban J connectivity index is 2.30. The molecule has 0 aromatic carbocycles. The minimum atomic E-state index is 0.0244. The van der Waals surface area contributed by atoms with E-state index in [1.807, 2.05) is 6.92 Å². The van der Waals surface area contributed by atoms with Gasteiger partial charge in [0, 0.05) is 24.3 Å². The Morgan fingerprint density at radius 1 is 1.32 bits per heavy atom. The van der Waals surface area contributed by atoms with Crippen molar-refractivity contribution in [2.45, 2.75) is 46.0 Å². The lowest BCUT2D eigenvalue weighted by atomic mass is 10.1. The number of anilines is 1. The van der Waals surface area contributed by atoms with E-state index in [0.29, 0.717) is 0 Å². The van der Waals surface area contributed by atoms with Crippen LogP contribution in [0.5, 0.6) is 0 Å². The minimum Gasteiger partial charge on any atom is -0.355 e. The quantitative estimate of drug-likeness (QED) is 0.779. The summed E-state index contributed by atoms with van der Waals surface area (Å²) in [7, 11) is 0. The normalized spacial score (nSPS) is 16.1. The molecule has 0 spiro atoms. The van der Waals surface area contributed by atoms with Crippen molar-refractivity contribution < 1.29 is 0 Å². The van der Waals surface area contributed by atoms with Crippen LogP contribution in [-0.2, 0) is 12.8 Å². The smallest absolute Gasteiger partial charge is 0.135 e. The number of aromatic nitrogens is 2. The number of rotatable bonds is 4. The predicted molar refractivity (Wildman–Crippen MR) is 76.0 cm³/mol. The second-order valence-electron chi connectivity index (χ2n) is 5.25. The molecular weight excluding hydrogens is 236 g/mol. The van der Waals surface area contributed by atoms with Crippen LogP contribution in [0.2, 0.25) is 0 Å². The first-order valence-corrected chi connectivity index (χ1v) is 7.23. The highest BCUT2D eigenvalue weighted by Crippen LogP contribution is 2.26. The zero-order valence-corrected chi connectivity index (χ0v) is 11.9. The van der Waals surface area contributed by atoms with Gasteiger partial charge in [-0.2, -0.15) is 5.26 Å². The molecule has 1 aromatic heterocycles. The summed E-state index contributed by atoms with van der Waals surface area (Å²) < 4.78 is 0. The number of nitrogens with zero attached hydrogens (tertiary/aromatic N) is 4. The van der Waals surface area contributed by atoms with Crippen LogP contribution in [0.4, 0.5) is 5.82 Å². The fraction of sp³-hybridized carbons (Fsp3) is 0.667. The summed E-state index contributed by atoms with van der Waals surface area (Å²) in [6.07, 6.45) is 7.54. The van der Waals surface area contributed by atoms with E-state index in [0.717, 1.165) is 31.7 Å². The Labute approximate surface area is 115 Å². The maximum atomic E-state index is 9.00. The largest absolute Gasteiger partial charge is 0.355 e. The van der Waals surface area contributed by atoms with E-state index in [1.165, 1.54) is 30.5 Å². The highest BCUT2D eigenvalue weighted by molar-refractivity contribution is 5.49. The maximum Gasteiger partial charge on any atom is 0.135 e. The summed E-state index contributed by atoms with van der Waals surface area (Å²) in [5.74, 6) is 1.08. The van der Waals surface area contributed by atoms with Crippen LogP contribution in [-0.4, -0.2) is 23.1 Å². The van der Waals surface area contributed by atoms with Crippen LogP contribution in [0.15, 0.2) is 6.33 Å². The third-order valence-corrected chi connectivity index (χ3v) is 3.75. The lowest BCUT2D eigenvalue weighted by molar-refractivity contribution is 0.672. The van der Waals surface area contributed by atoms with Crippen molar-refractivity contribution in [3.8, 4) is 6.07 Å². The molecule has 0 amide bonds. The molecule has 0 saturated carbocycles. The van der Waals surface area contributed by atoms with Crippen molar-refractivity contribution in [1.29, 1.82) is 5.26 Å². The van der Waals surface area contributed by atoms with Crippen LogP contribution < -0.4 is 4.90 Å². The van der Waals surface area contributed by atoms with E-state index < -0.39 is 0 Å². The van der Waals surface area contributed by atoms with Crippen LogP contribution >= 0.6 is 0 Å². The van der Waals surface area contributed by atoms with Crippen molar-refractivity contribution in [2.75, 3.05) is 18.0 Å². The van der Waals surface area contributed by atoms with Crippen LogP contribution in [0.1, 0.15) is 44.4 Å². The second kappa shape index (κ2) is 6.51. The SMILES string of the molecule is CCN(CC(C)C#N)c1ncnc2c1CCCCC2. The molecular formula is C15H22N4. The molecule has 0 saturated heterocycles. The van der Waals surface area contributed by atoms with Crippen LogP contribution in [0, 0.1) is 17.2 Å². The monoisotopic (exact) mass is 258 g/mol. The number of hydrogen-bond donors (Lipinski definition) is 0. The summed E-state index contributed by atoms with van der Waals surface area (Å²) in [5.41, 5.74) is 2.53. The first kappa shape index (κ1) is 13.8. The van der Waals surface area contributed by atoms with Gasteiger partial charge < -0.3 is 4.90 Å². The molecule has 0 bridgehead atoms. The van der Waals surface area contributed by atoms with E-state index in [1.54, 1.807) is 6.33 Å². The van der Waals surface area contributed by atoms with Gasteiger partial charge in [0.15, 0.2) is 0 Å². The van der Waals surface area contributed by atoms with Gasteiger partial charge in [-0.25, -0.2) is 9.97 Å². The van der Waals surface area contributed by atoms with Crippen LogP contribution in [0.3, 0.4) is 0 Å². The molecule has 2 rings (SSSR count). The van der Waals surface area contributed by atoms with Crippen molar-refractivity contribution in [3.05, 3.63) is 17.6 Å². The van der Waals surface area contributed by atoms with Gasteiger partial charge in [0.05, 0.1) is 12.0 Å². The predicted octanol–water partition coefficient (Wildman–Crippen LogP) is 2.73. The van der Waals surface area contributed by atoms with Crippen molar-refractivity contribution in [3.63, 3.8) is 0 Å². The van der Waals surface area contributed by atoms with E-state index in [2.05, 4.69) is 27.9 Å². The molecule has 0 fully saturated rings. The van der Waals surface area contributed by atoms with E-state index in [9.17, 15) is 0 Å². The van der Waals surface area contributed by atoms with Gasteiger partial charge in [-0.15, -0.1) is 0 Å². The lowest BCUT2D eigenvalue weighted by Gasteiger charge is -2.25.